The molecule has 5 rings (SSSR count). The van der Waals surface area contributed by atoms with Gasteiger partial charge in [0.05, 0.1) is 22.3 Å². The summed E-state index contributed by atoms with van der Waals surface area (Å²) in [6, 6.07) is 32.8. The molecule has 0 radical (unpaired) electrons. The predicted molar refractivity (Wildman–Crippen MR) is 149 cm³/mol. The minimum atomic E-state index is -1.49. The molecule has 4 aromatic carbocycles. The molecule has 4 aromatic rings. The Morgan fingerprint density at radius 1 is 0.476 bits per heavy atom. The molecule has 42 heavy (non-hydrogen) atoms. The second-order valence-electron chi connectivity index (χ2n) is 9.25. The van der Waals surface area contributed by atoms with Gasteiger partial charge in [0.15, 0.2) is 6.10 Å². The summed E-state index contributed by atoms with van der Waals surface area (Å²) in [7, 11) is 0. The molecule has 1 saturated heterocycles. The largest absolute Gasteiger partial charge is 0.459 e. The minimum absolute atomic E-state index is 0.220. The molecule has 9 nitrogen and oxygen atoms in total. The van der Waals surface area contributed by atoms with Gasteiger partial charge in [-0.25, -0.2) is 19.2 Å². The van der Waals surface area contributed by atoms with Crippen molar-refractivity contribution in [3.05, 3.63) is 144 Å². The van der Waals surface area contributed by atoms with Gasteiger partial charge in [-0.3, -0.25) is 0 Å². The summed E-state index contributed by atoms with van der Waals surface area (Å²) >= 11 is 0. The summed E-state index contributed by atoms with van der Waals surface area (Å²) in [4.78, 5) is 51.9. The van der Waals surface area contributed by atoms with Gasteiger partial charge in [-0.05, 0) is 48.5 Å². The van der Waals surface area contributed by atoms with Gasteiger partial charge in [-0.1, -0.05) is 72.8 Å². The van der Waals surface area contributed by atoms with E-state index >= 15 is 0 Å². The van der Waals surface area contributed by atoms with Gasteiger partial charge in [0.2, 0.25) is 12.4 Å². The molecule has 0 aliphatic carbocycles. The summed E-state index contributed by atoms with van der Waals surface area (Å²) in [6.45, 7) is -0.390. The predicted octanol–water partition coefficient (Wildman–Crippen LogP) is 4.88. The lowest BCUT2D eigenvalue weighted by Crippen LogP contribution is -2.42. The van der Waals surface area contributed by atoms with Crippen LogP contribution in [0.3, 0.4) is 0 Å². The molecule has 4 atom stereocenters. The summed E-state index contributed by atoms with van der Waals surface area (Å²) in [5, 5.41) is 0. The first-order chi connectivity index (χ1) is 20.5. The van der Waals surface area contributed by atoms with E-state index < -0.39 is 48.5 Å². The SMILES string of the molecule is O=C(OC[C@H]1O[C@@H](OC(=O)c2ccccc2)[C@@H](OC(=O)c2ccccc2)[C@H]1OC(=O)c1ccccc1)c1ccccc1. The fourth-order valence-electron chi connectivity index (χ4n) is 4.28. The molecule has 9 heteroatoms. The Morgan fingerprint density at radius 2 is 0.833 bits per heavy atom. The third-order valence-electron chi connectivity index (χ3n) is 6.39. The first kappa shape index (κ1) is 28.3. The number of carbonyl (C=O) groups excluding carboxylic acids is 4. The normalized spacial score (nSPS) is 19.3. The van der Waals surface area contributed by atoms with Gasteiger partial charge in [0.1, 0.15) is 12.7 Å². The first-order valence-corrected chi connectivity index (χ1v) is 13.2. The molecule has 1 aliphatic rings. The summed E-state index contributed by atoms with van der Waals surface area (Å²) in [5.74, 6) is -2.89. The Morgan fingerprint density at radius 3 is 1.26 bits per heavy atom. The molecule has 0 spiro atoms. The molecule has 0 N–H and O–H groups in total. The third-order valence-corrected chi connectivity index (χ3v) is 6.39. The highest BCUT2D eigenvalue weighted by molar-refractivity contribution is 5.91. The summed E-state index contributed by atoms with van der Waals surface area (Å²) < 4.78 is 28.6. The highest BCUT2D eigenvalue weighted by Crippen LogP contribution is 2.30. The molecule has 0 bridgehead atoms. The maximum atomic E-state index is 13.1. The van der Waals surface area contributed by atoms with Crippen LogP contribution in [0, 0.1) is 0 Å². The molecule has 0 unspecified atom stereocenters. The van der Waals surface area contributed by atoms with Gasteiger partial charge >= 0.3 is 23.9 Å². The monoisotopic (exact) mass is 566 g/mol. The van der Waals surface area contributed by atoms with Crippen molar-refractivity contribution in [1.82, 2.24) is 0 Å². The van der Waals surface area contributed by atoms with Crippen LogP contribution >= 0.6 is 0 Å². The fourth-order valence-corrected chi connectivity index (χ4v) is 4.28. The van der Waals surface area contributed by atoms with E-state index in [0.29, 0.717) is 5.56 Å². The Hall–Kier alpha value is -5.28. The lowest BCUT2D eigenvalue weighted by Gasteiger charge is -2.24. The van der Waals surface area contributed by atoms with Crippen molar-refractivity contribution >= 4 is 23.9 Å². The molecule has 0 amide bonds. The fraction of sp³-hybridized carbons (Fsp3) is 0.152. The van der Waals surface area contributed by atoms with Crippen LogP contribution in [0.4, 0.5) is 0 Å². The van der Waals surface area contributed by atoms with E-state index in [9.17, 15) is 19.2 Å². The first-order valence-electron chi connectivity index (χ1n) is 13.2. The maximum Gasteiger partial charge on any atom is 0.340 e. The molecule has 0 saturated carbocycles. The molecular weight excluding hydrogens is 540 g/mol. The number of ether oxygens (including phenoxy) is 5. The Balaban J connectivity index is 1.43. The van der Waals surface area contributed by atoms with Crippen molar-refractivity contribution in [1.29, 1.82) is 0 Å². The standard InChI is InChI=1S/C33H26O9/c34-29(22-13-5-1-6-14-22)38-21-26-27(40-30(35)23-15-7-2-8-16-23)28(41-31(36)24-17-9-3-10-18-24)33(39-26)42-32(37)25-19-11-4-12-20-25/h1-20,26-28,33H,21H2/t26-,27+,28+,33+/m1/s1. The molecule has 212 valence electrons. The second kappa shape index (κ2) is 13.4. The third kappa shape index (κ3) is 6.89. The van der Waals surface area contributed by atoms with Crippen molar-refractivity contribution in [2.75, 3.05) is 6.61 Å². The number of carbonyl (C=O) groups is 4. The zero-order valence-corrected chi connectivity index (χ0v) is 22.2. The molecule has 1 heterocycles. The maximum absolute atomic E-state index is 13.1. The quantitative estimate of drug-likeness (QED) is 0.207. The number of benzene rings is 4. The van der Waals surface area contributed by atoms with E-state index in [0.717, 1.165) is 0 Å². The minimum Gasteiger partial charge on any atom is -0.459 e. The van der Waals surface area contributed by atoms with Crippen LogP contribution in [0.1, 0.15) is 41.4 Å². The van der Waals surface area contributed by atoms with Gasteiger partial charge in [0.25, 0.3) is 0 Å². The second-order valence-corrected chi connectivity index (χ2v) is 9.25. The van der Waals surface area contributed by atoms with Gasteiger partial charge in [0, 0.05) is 0 Å². The summed E-state index contributed by atoms with van der Waals surface area (Å²) in [6.07, 6.45) is -5.33. The number of rotatable bonds is 9. The highest BCUT2D eigenvalue weighted by Gasteiger charge is 2.52. The van der Waals surface area contributed by atoms with E-state index in [1.807, 2.05) is 0 Å². The Labute approximate surface area is 241 Å². The Kier molecular flexibility index (Phi) is 9.00. The van der Waals surface area contributed by atoms with Gasteiger partial charge in [-0.2, -0.15) is 0 Å². The smallest absolute Gasteiger partial charge is 0.340 e. The lowest BCUT2D eigenvalue weighted by molar-refractivity contribution is -0.141. The van der Waals surface area contributed by atoms with Crippen LogP contribution in [0.5, 0.6) is 0 Å². The van der Waals surface area contributed by atoms with Gasteiger partial charge in [-0.15, -0.1) is 0 Å². The van der Waals surface area contributed by atoms with Gasteiger partial charge < -0.3 is 23.7 Å². The van der Waals surface area contributed by atoms with Crippen LogP contribution in [0.15, 0.2) is 121 Å². The zero-order chi connectivity index (χ0) is 29.3. The van der Waals surface area contributed by atoms with E-state index in [4.69, 9.17) is 23.7 Å². The average Bonchev–Trinajstić information content (AvgIpc) is 3.35. The van der Waals surface area contributed by atoms with E-state index in [1.54, 1.807) is 121 Å². The highest BCUT2D eigenvalue weighted by atomic mass is 16.8. The van der Waals surface area contributed by atoms with Crippen LogP contribution in [-0.4, -0.2) is 55.1 Å². The summed E-state index contributed by atoms with van der Waals surface area (Å²) in [5.41, 5.74) is 0.978. The van der Waals surface area contributed by atoms with Crippen molar-refractivity contribution < 1.29 is 42.9 Å². The number of esters is 4. The molecule has 1 aliphatic heterocycles. The number of hydrogen-bond acceptors (Lipinski definition) is 9. The van der Waals surface area contributed by atoms with E-state index in [2.05, 4.69) is 0 Å². The van der Waals surface area contributed by atoms with E-state index in [1.165, 1.54) is 0 Å². The van der Waals surface area contributed by atoms with Crippen LogP contribution < -0.4 is 0 Å². The van der Waals surface area contributed by atoms with E-state index in [-0.39, 0.29) is 23.3 Å². The van der Waals surface area contributed by atoms with Crippen molar-refractivity contribution in [2.45, 2.75) is 24.6 Å². The Bertz CT molecular complexity index is 1510. The lowest BCUT2D eigenvalue weighted by atomic mass is 10.1. The zero-order valence-electron chi connectivity index (χ0n) is 22.2. The average molecular weight is 567 g/mol. The van der Waals surface area contributed by atoms with Crippen LogP contribution in [-0.2, 0) is 23.7 Å². The van der Waals surface area contributed by atoms with Crippen molar-refractivity contribution in [3.63, 3.8) is 0 Å². The van der Waals surface area contributed by atoms with Crippen LogP contribution in [0.25, 0.3) is 0 Å². The van der Waals surface area contributed by atoms with Crippen molar-refractivity contribution in [3.8, 4) is 0 Å². The molecule has 0 aromatic heterocycles. The number of hydrogen-bond donors (Lipinski definition) is 0. The van der Waals surface area contributed by atoms with Crippen LogP contribution in [0.2, 0.25) is 0 Å². The molecular formula is C33H26O9. The molecule has 1 fully saturated rings. The van der Waals surface area contributed by atoms with Crippen molar-refractivity contribution in [2.24, 2.45) is 0 Å². The topological polar surface area (TPSA) is 114 Å².